The summed E-state index contributed by atoms with van der Waals surface area (Å²) in [7, 11) is 0. The van der Waals surface area contributed by atoms with Crippen molar-refractivity contribution in [3.05, 3.63) is 35.6 Å². The summed E-state index contributed by atoms with van der Waals surface area (Å²) in [4.78, 5) is 14.1. The maximum absolute atomic E-state index is 12.9. The zero-order valence-electron chi connectivity index (χ0n) is 12.8. The maximum atomic E-state index is 12.9. The van der Waals surface area contributed by atoms with Crippen LogP contribution < -0.4 is 5.32 Å². The van der Waals surface area contributed by atoms with Gasteiger partial charge in [-0.2, -0.15) is 0 Å². The van der Waals surface area contributed by atoms with Crippen LogP contribution in [0.3, 0.4) is 0 Å². The quantitative estimate of drug-likeness (QED) is 0.832. The molecule has 1 aromatic rings. The Labute approximate surface area is 121 Å². The van der Waals surface area contributed by atoms with Crippen molar-refractivity contribution in [2.75, 3.05) is 13.1 Å². The summed E-state index contributed by atoms with van der Waals surface area (Å²) < 4.78 is 12.9. The molecule has 0 saturated heterocycles. The smallest absolute Gasteiger partial charge is 0.224 e. The van der Waals surface area contributed by atoms with Crippen LogP contribution in [-0.4, -0.2) is 29.9 Å². The van der Waals surface area contributed by atoms with E-state index in [0.717, 1.165) is 5.56 Å². The number of carbonyl (C=O) groups excluding carboxylic acids is 1. The van der Waals surface area contributed by atoms with E-state index in [-0.39, 0.29) is 17.8 Å². The third-order valence-electron chi connectivity index (χ3n) is 3.37. The molecule has 1 amide bonds. The van der Waals surface area contributed by atoms with Crippen LogP contribution in [-0.2, 0) is 4.79 Å². The van der Waals surface area contributed by atoms with Gasteiger partial charge in [0.2, 0.25) is 5.91 Å². The van der Waals surface area contributed by atoms with E-state index in [4.69, 9.17) is 0 Å². The van der Waals surface area contributed by atoms with Crippen LogP contribution >= 0.6 is 0 Å². The molecule has 3 nitrogen and oxygen atoms in total. The Morgan fingerprint density at radius 3 is 2.35 bits per heavy atom. The van der Waals surface area contributed by atoms with Gasteiger partial charge < -0.3 is 10.2 Å². The van der Waals surface area contributed by atoms with Crippen LogP contribution in [0.15, 0.2) is 24.3 Å². The van der Waals surface area contributed by atoms with Gasteiger partial charge in [-0.25, -0.2) is 4.39 Å². The lowest BCUT2D eigenvalue weighted by molar-refractivity contribution is -0.133. The second kappa shape index (κ2) is 8.00. The topological polar surface area (TPSA) is 32.3 Å². The van der Waals surface area contributed by atoms with Crippen LogP contribution in [0.1, 0.15) is 45.7 Å². The summed E-state index contributed by atoms with van der Waals surface area (Å²) >= 11 is 0. The molecule has 0 aliphatic heterocycles. The molecule has 0 bridgehead atoms. The highest BCUT2D eigenvalue weighted by atomic mass is 19.1. The average molecular weight is 280 g/mol. The highest BCUT2D eigenvalue weighted by Gasteiger charge is 2.19. The first-order valence-electron chi connectivity index (χ1n) is 7.24. The van der Waals surface area contributed by atoms with Gasteiger partial charge in [0.25, 0.3) is 0 Å². The zero-order chi connectivity index (χ0) is 15.1. The third kappa shape index (κ3) is 4.93. The first-order chi connectivity index (χ1) is 9.45. The molecule has 0 radical (unpaired) electrons. The van der Waals surface area contributed by atoms with E-state index >= 15 is 0 Å². The van der Waals surface area contributed by atoms with Crippen molar-refractivity contribution in [2.24, 2.45) is 0 Å². The monoisotopic (exact) mass is 280 g/mol. The van der Waals surface area contributed by atoms with Crippen LogP contribution in [0.5, 0.6) is 0 Å². The molecule has 112 valence electrons. The largest absolute Gasteiger partial charge is 0.336 e. The van der Waals surface area contributed by atoms with Crippen molar-refractivity contribution in [2.45, 2.75) is 46.2 Å². The summed E-state index contributed by atoms with van der Waals surface area (Å²) in [5, 5.41) is 3.24. The summed E-state index contributed by atoms with van der Waals surface area (Å²) in [5.41, 5.74) is 0.957. The van der Waals surface area contributed by atoms with E-state index < -0.39 is 0 Å². The number of nitrogens with one attached hydrogen (secondary N) is 1. The zero-order valence-corrected chi connectivity index (χ0v) is 12.8. The summed E-state index contributed by atoms with van der Waals surface area (Å²) in [6.45, 7) is 9.40. The van der Waals surface area contributed by atoms with E-state index in [2.05, 4.69) is 19.2 Å². The van der Waals surface area contributed by atoms with Gasteiger partial charge in [-0.1, -0.05) is 26.0 Å². The molecular formula is C16H25FN2O. The van der Waals surface area contributed by atoms with Crippen molar-refractivity contribution < 1.29 is 9.18 Å². The molecule has 1 N–H and O–H groups in total. The summed E-state index contributed by atoms with van der Waals surface area (Å²) in [5.74, 6) is -0.131. The normalized spacial score (nSPS) is 12.5. The van der Waals surface area contributed by atoms with Crippen LogP contribution in [0.25, 0.3) is 0 Å². The molecule has 0 fully saturated rings. The molecule has 1 rings (SSSR count). The second-order valence-electron chi connectivity index (χ2n) is 5.27. The number of carbonyl (C=O) groups is 1. The van der Waals surface area contributed by atoms with Gasteiger partial charge in [-0.05, 0) is 31.5 Å². The lowest BCUT2D eigenvalue weighted by Crippen LogP contribution is -2.36. The lowest BCUT2D eigenvalue weighted by atomic mass is 10.1. The fraction of sp³-hybridized carbons (Fsp3) is 0.562. The number of nitrogens with zero attached hydrogens (tertiary/aromatic N) is 1. The van der Waals surface area contributed by atoms with Crippen molar-refractivity contribution in [1.82, 2.24) is 10.2 Å². The number of halogens is 1. The first kappa shape index (κ1) is 16.6. The van der Waals surface area contributed by atoms with Crippen molar-refractivity contribution >= 4 is 5.91 Å². The molecule has 0 aliphatic carbocycles. The first-order valence-corrected chi connectivity index (χ1v) is 7.24. The van der Waals surface area contributed by atoms with Crippen molar-refractivity contribution in [3.8, 4) is 0 Å². The molecule has 0 aromatic heterocycles. The highest BCUT2D eigenvalue weighted by Crippen LogP contribution is 2.20. The lowest BCUT2D eigenvalue weighted by Gasteiger charge is -2.28. The molecular weight excluding hydrogens is 255 g/mol. The molecule has 0 aliphatic rings. The Hall–Kier alpha value is -1.42. The van der Waals surface area contributed by atoms with E-state index in [1.165, 1.54) is 12.1 Å². The Balaban J connectivity index is 2.64. The Morgan fingerprint density at radius 1 is 1.25 bits per heavy atom. The number of hydrogen-bond donors (Lipinski definition) is 1. The second-order valence-corrected chi connectivity index (χ2v) is 5.27. The van der Waals surface area contributed by atoms with Gasteiger partial charge in [0, 0.05) is 25.6 Å². The van der Waals surface area contributed by atoms with Crippen molar-refractivity contribution in [3.63, 3.8) is 0 Å². The minimum Gasteiger partial charge on any atom is -0.336 e. The highest BCUT2D eigenvalue weighted by molar-refractivity contribution is 5.76. The van der Waals surface area contributed by atoms with Gasteiger partial charge in [-0.3, -0.25) is 4.79 Å². The molecule has 20 heavy (non-hydrogen) atoms. The SMILES string of the molecule is CCN(C(=O)CCNC(C)C)C(C)c1ccc(F)cc1. The van der Waals surface area contributed by atoms with Gasteiger partial charge >= 0.3 is 0 Å². The fourth-order valence-electron chi connectivity index (χ4n) is 2.20. The molecule has 0 spiro atoms. The number of amides is 1. The average Bonchev–Trinajstić information content (AvgIpc) is 2.39. The van der Waals surface area contributed by atoms with Gasteiger partial charge in [-0.15, -0.1) is 0 Å². The number of benzene rings is 1. The Kier molecular flexibility index (Phi) is 6.65. The standard InChI is InChI=1S/C16H25FN2O/c1-5-19(16(20)10-11-18-12(2)3)13(4)14-6-8-15(17)9-7-14/h6-9,12-13,18H,5,10-11H2,1-4H3. The van der Waals surface area contributed by atoms with Crippen LogP contribution in [0.4, 0.5) is 4.39 Å². The predicted octanol–water partition coefficient (Wildman–Crippen LogP) is 3.12. The van der Waals surface area contributed by atoms with E-state index in [9.17, 15) is 9.18 Å². The molecule has 4 heteroatoms. The van der Waals surface area contributed by atoms with Crippen LogP contribution in [0.2, 0.25) is 0 Å². The van der Waals surface area contributed by atoms with Gasteiger partial charge in [0.1, 0.15) is 5.82 Å². The van der Waals surface area contributed by atoms with Crippen molar-refractivity contribution in [1.29, 1.82) is 0 Å². The maximum Gasteiger partial charge on any atom is 0.224 e. The fourth-order valence-corrected chi connectivity index (χ4v) is 2.20. The third-order valence-corrected chi connectivity index (χ3v) is 3.37. The molecule has 1 atom stereocenters. The minimum absolute atomic E-state index is 0.0350. The predicted molar refractivity (Wildman–Crippen MR) is 80.0 cm³/mol. The Bertz CT molecular complexity index is 417. The molecule has 0 saturated carbocycles. The van der Waals surface area contributed by atoms with E-state index in [1.54, 1.807) is 12.1 Å². The number of hydrogen-bond acceptors (Lipinski definition) is 2. The van der Waals surface area contributed by atoms with Gasteiger partial charge in [0.15, 0.2) is 0 Å². The summed E-state index contributed by atoms with van der Waals surface area (Å²) in [6.07, 6.45) is 0.484. The summed E-state index contributed by atoms with van der Waals surface area (Å²) in [6, 6.07) is 6.69. The molecule has 0 heterocycles. The molecule has 1 unspecified atom stereocenters. The Morgan fingerprint density at radius 2 is 1.85 bits per heavy atom. The minimum atomic E-state index is -0.253. The van der Waals surface area contributed by atoms with E-state index in [0.29, 0.717) is 25.6 Å². The van der Waals surface area contributed by atoms with Gasteiger partial charge in [0.05, 0.1) is 6.04 Å². The molecule has 1 aromatic carbocycles. The number of rotatable bonds is 7. The van der Waals surface area contributed by atoms with Crippen LogP contribution in [0, 0.1) is 5.82 Å². The van der Waals surface area contributed by atoms with E-state index in [1.807, 2.05) is 18.7 Å².